The van der Waals surface area contributed by atoms with Gasteiger partial charge >= 0.3 is 0 Å². The van der Waals surface area contributed by atoms with Gasteiger partial charge in [0.15, 0.2) is 0 Å². The number of hydrogen-bond acceptors (Lipinski definition) is 5. The van der Waals surface area contributed by atoms with Gasteiger partial charge in [0.25, 0.3) is 0 Å². The Morgan fingerprint density at radius 2 is 1.91 bits per heavy atom. The van der Waals surface area contributed by atoms with E-state index in [1.54, 1.807) is 54.1 Å². The molecule has 1 fully saturated rings. The summed E-state index contributed by atoms with van der Waals surface area (Å²) in [7, 11) is -1.90. The third kappa shape index (κ3) is 5.69. The van der Waals surface area contributed by atoms with Crippen LogP contribution in [0, 0.1) is 5.82 Å². The molecular weight excluding hydrogens is 441 g/mol. The van der Waals surface area contributed by atoms with Crippen molar-refractivity contribution in [3.05, 3.63) is 66.7 Å². The molecule has 2 aromatic carbocycles. The number of ether oxygens (including phenoxy) is 1. The number of aromatic nitrogens is 1. The highest BCUT2D eigenvalue weighted by molar-refractivity contribution is 7.89. The van der Waals surface area contributed by atoms with E-state index in [1.165, 1.54) is 12.1 Å². The van der Waals surface area contributed by atoms with Gasteiger partial charge in [0, 0.05) is 42.3 Å². The lowest BCUT2D eigenvalue weighted by molar-refractivity contribution is 0.165. The van der Waals surface area contributed by atoms with E-state index in [0.717, 1.165) is 50.7 Å². The van der Waals surface area contributed by atoms with Crippen LogP contribution in [-0.2, 0) is 10.0 Å². The first-order chi connectivity index (χ1) is 15.9. The summed E-state index contributed by atoms with van der Waals surface area (Å²) in [6, 6.07) is 13.3. The number of sulfonamides is 1. The number of unbranched alkanes of at least 4 members (excludes halogenated alkanes) is 1. The highest BCUT2D eigenvalue weighted by Crippen LogP contribution is 2.28. The fourth-order valence-corrected chi connectivity index (χ4v) is 5.99. The summed E-state index contributed by atoms with van der Waals surface area (Å²) in [5.41, 5.74) is 0. The molecule has 4 rings (SSSR count). The molecule has 0 radical (unpaired) electrons. The van der Waals surface area contributed by atoms with Gasteiger partial charge in [-0.1, -0.05) is 18.2 Å². The summed E-state index contributed by atoms with van der Waals surface area (Å²) in [6.07, 6.45) is 6.81. The Labute approximate surface area is 195 Å². The molecule has 6 nitrogen and oxygen atoms in total. The van der Waals surface area contributed by atoms with Crippen molar-refractivity contribution in [2.75, 3.05) is 33.3 Å². The summed E-state index contributed by atoms with van der Waals surface area (Å²) in [6.45, 7) is 3.25. The molecule has 1 aliphatic rings. The van der Waals surface area contributed by atoms with Gasteiger partial charge in [-0.15, -0.1) is 0 Å². The number of rotatable bonds is 9. The monoisotopic (exact) mass is 471 g/mol. The topological polar surface area (TPSA) is 62.7 Å². The Morgan fingerprint density at radius 1 is 1.12 bits per heavy atom. The Kier molecular flexibility index (Phi) is 7.57. The molecule has 1 saturated heterocycles. The molecule has 0 bridgehead atoms. The largest absolute Gasteiger partial charge is 0.493 e. The van der Waals surface area contributed by atoms with Crippen molar-refractivity contribution in [3.8, 4) is 5.75 Å². The summed E-state index contributed by atoms with van der Waals surface area (Å²) in [5.74, 6) is 0.266. The Balaban J connectivity index is 1.25. The summed E-state index contributed by atoms with van der Waals surface area (Å²) in [4.78, 5) is 6.81. The first-order valence-electron chi connectivity index (χ1n) is 11.4. The van der Waals surface area contributed by atoms with Crippen molar-refractivity contribution >= 4 is 20.8 Å². The van der Waals surface area contributed by atoms with Crippen molar-refractivity contribution in [1.82, 2.24) is 14.2 Å². The molecule has 176 valence electrons. The molecule has 0 unspecified atom stereocenters. The van der Waals surface area contributed by atoms with Gasteiger partial charge in [-0.25, -0.2) is 12.8 Å². The van der Waals surface area contributed by atoms with Crippen LogP contribution in [-0.4, -0.2) is 61.9 Å². The summed E-state index contributed by atoms with van der Waals surface area (Å²) < 4.78 is 47.1. The van der Waals surface area contributed by atoms with E-state index >= 15 is 0 Å². The molecule has 0 N–H and O–H groups in total. The van der Waals surface area contributed by atoms with E-state index in [1.807, 2.05) is 6.07 Å². The molecule has 1 aliphatic heterocycles. The Bertz CT molecular complexity index is 1170. The minimum atomic E-state index is -3.59. The molecule has 2 heterocycles. The number of benzene rings is 2. The highest BCUT2D eigenvalue weighted by Gasteiger charge is 2.31. The minimum Gasteiger partial charge on any atom is -0.493 e. The molecule has 1 aromatic heterocycles. The van der Waals surface area contributed by atoms with Crippen LogP contribution < -0.4 is 4.74 Å². The molecular formula is C25H30FN3O3S. The second-order valence-electron chi connectivity index (χ2n) is 8.46. The number of nitrogens with zero attached hydrogens (tertiary/aromatic N) is 3. The van der Waals surface area contributed by atoms with Crippen LogP contribution >= 0.6 is 0 Å². The molecule has 33 heavy (non-hydrogen) atoms. The van der Waals surface area contributed by atoms with E-state index in [0.29, 0.717) is 22.6 Å². The maximum Gasteiger partial charge on any atom is 0.243 e. The highest BCUT2D eigenvalue weighted by atomic mass is 32.2. The van der Waals surface area contributed by atoms with Crippen molar-refractivity contribution in [2.24, 2.45) is 0 Å². The standard InChI is InChI=1S/C25H30FN3O3S/c1-28(33(30,31)25-9-4-6-20-19-27-13-10-24(20)25)22-11-15-29(16-12-22)14-2-3-17-32-23-8-5-7-21(26)18-23/h4-10,13,18-19,22H,2-3,11-12,14-17H2,1H3. The van der Waals surface area contributed by atoms with E-state index in [4.69, 9.17) is 4.74 Å². The van der Waals surface area contributed by atoms with Crippen LogP contribution in [0.1, 0.15) is 25.7 Å². The number of fused-ring (bicyclic) bond motifs is 1. The lowest BCUT2D eigenvalue weighted by atomic mass is 10.1. The quantitative estimate of drug-likeness (QED) is 0.435. The second-order valence-corrected chi connectivity index (χ2v) is 10.4. The number of piperidine rings is 1. The molecule has 0 atom stereocenters. The normalized spacial score (nSPS) is 15.8. The molecule has 8 heteroatoms. The van der Waals surface area contributed by atoms with Crippen molar-refractivity contribution in [1.29, 1.82) is 0 Å². The Morgan fingerprint density at radius 3 is 2.70 bits per heavy atom. The smallest absolute Gasteiger partial charge is 0.243 e. The molecule has 0 saturated carbocycles. The van der Waals surface area contributed by atoms with Gasteiger partial charge in [-0.3, -0.25) is 4.98 Å². The summed E-state index contributed by atoms with van der Waals surface area (Å²) in [5, 5.41) is 1.53. The van der Waals surface area contributed by atoms with Gasteiger partial charge in [0.05, 0.1) is 11.5 Å². The zero-order valence-corrected chi connectivity index (χ0v) is 19.7. The number of likely N-dealkylation sites (tertiary alicyclic amines) is 1. The zero-order valence-electron chi connectivity index (χ0n) is 18.9. The second kappa shape index (κ2) is 10.6. The van der Waals surface area contributed by atoms with E-state index in [9.17, 15) is 12.8 Å². The van der Waals surface area contributed by atoms with Gasteiger partial charge in [0.2, 0.25) is 10.0 Å². The molecule has 0 spiro atoms. The van der Waals surface area contributed by atoms with Crippen LogP contribution in [0.2, 0.25) is 0 Å². The van der Waals surface area contributed by atoms with Gasteiger partial charge in [-0.2, -0.15) is 4.31 Å². The fourth-order valence-electron chi connectivity index (χ4n) is 4.36. The van der Waals surface area contributed by atoms with Crippen LogP contribution in [0.4, 0.5) is 4.39 Å². The maximum absolute atomic E-state index is 13.4. The zero-order chi connectivity index (χ0) is 23.3. The maximum atomic E-state index is 13.4. The molecule has 0 aliphatic carbocycles. The van der Waals surface area contributed by atoms with Crippen LogP contribution in [0.15, 0.2) is 65.8 Å². The third-order valence-corrected chi connectivity index (χ3v) is 8.27. The number of halogens is 1. The third-order valence-electron chi connectivity index (χ3n) is 6.30. The predicted molar refractivity (Wildman–Crippen MR) is 127 cm³/mol. The average molecular weight is 472 g/mol. The van der Waals surface area contributed by atoms with Crippen molar-refractivity contribution in [2.45, 2.75) is 36.6 Å². The summed E-state index contributed by atoms with van der Waals surface area (Å²) >= 11 is 0. The number of hydrogen-bond donors (Lipinski definition) is 0. The lowest BCUT2D eigenvalue weighted by Crippen LogP contribution is -2.45. The van der Waals surface area contributed by atoms with E-state index in [-0.39, 0.29) is 11.9 Å². The van der Waals surface area contributed by atoms with Crippen molar-refractivity contribution in [3.63, 3.8) is 0 Å². The molecule has 0 amide bonds. The van der Waals surface area contributed by atoms with E-state index in [2.05, 4.69) is 9.88 Å². The van der Waals surface area contributed by atoms with Crippen molar-refractivity contribution < 1.29 is 17.5 Å². The van der Waals surface area contributed by atoms with Crippen LogP contribution in [0.25, 0.3) is 10.8 Å². The Hall–Kier alpha value is -2.55. The minimum absolute atomic E-state index is 0.0142. The first-order valence-corrected chi connectivity index (χ1v) is 12.8. The van der Waals surface area contributed by atoms with Gasteiger partial charge in [0.1, 0.15) is 11.6 Å². The SMILES string of the molecule is CN(C1CCN(CCCCOc2cccc(F)c2)CC1)S(=O)(=O)c1cccc2cnccc12. The molecule has 3 aromatic rings. The van der Waals surface area contributed by atoms with Crippen LogP contribution in [0.3, 0.4) is 0 Å². The average Bonchev–Trinajstić information content (AvgIpc) is 2.83. The first kappa shape index (κ1) is 23.6. The predicted octanol–water partition coefficient (Wildman–Crippen LogP) is 4.32. The van der Waals surface area contributed by atoms with Gasteiger partial charge < -0.3 is 9.64 Å². The van der Waals surface area contributed by atoms with Crippen LogP contribution in [0.5, 0.6) is 5.75 Å². The lowest BCUT2D eigenvalue weighted by Gasteiger charge is -2.36. The fraction of sp³-hybridized carbons (Fsp3) is 0.400. The number of pyridine rings is 1. The van der Waals surface area contributed by atoms with Gasteiger partial charge in [-0.05, 0) is 69.6 Å². The van der Waals surface area contributed by atoms with E-state index < -0.39 is 10.0 Å².